The van der Waals surface area contributed by atoms with Gasteiger partial charge in [0.2, 0.25) is 9.84 Å². The number of sulfone groups is 1. The molecule has 0 bridgehead atoms. The number of hydroxylamine groups is 3. The first-order chi connectivity index (χ1) is 16.1. The molecule has 1 saturated heterocycles. The summed E-state index contributed by atoms with van der Waals surface area (Å²) in [5.41, 5.74) is 1.15. The summed E-state index contributed by atoms with van der Waals surface area (Å²) in [6.45, 7) is 0.259. The van der Waals surface area contributed by atoms with Crippen LogP contribution in [0.5, 0.6) is 0 Å². The zero-order valence-electron chi connectivity index (χ0n) is 17.9. The van der Waals surface area contributed by atoms with Gasteiger partial charge in [-0.3, -0.25) is 4.79 Å². The highest BCUT2D eigenvalue weighted by molar-refractivity contribution is 7.91. The Hall–Kier alpha value is -3.53. The number of hydrogen-bond acceptors (Lipinski definition) is 5. The van der Waals surface area contributed by atoms with Crippen LogP contribution in [0.2, 0.25) is 0 Å². The van der Waals surface area contributed by atoms with Gasteiger partial charge in [-0.15, -0.1) is 0 Å². The monoisotopic (exact) mass is 482 g/mol. The number of carbonyl (C=O) groups is 1. The minimum absolute atomic E-state index is 0.0799. The predicted octanol–water partition coefficient (Wildman–Crippen LogP) is 4.49. The third-order valence-corrected chi connectivity index (χ3v) is 7.86. The van der Waals surface area contributed by atoms with E-state index in [1.54, 1.807) is 36.4 Å². The number of carboxylic acids is 1. The Bertz CT molecular complexity index is 1510. The molecule has 0 atom stereocenters. The van der Waals surface area contributed by atoms with Gasteiger partial charge < -0.3 is 9.52 Å². The van der Waals surface area contributed by atoms with E-state index in [-0.39, 0.29) is 40.7 Å². The molecule has 1 aliphatic heterocycles. The molecule has 0 saturated carbocycles. The highest BCUT2D eigenvalue weighted by Crippen LogP contribution is 2.33. The van der Waals surface area contributed by atoms with Crippen molar-refractivity contribution in [2.24, 2.45) is 5.92 Å². The lowest BCUT2D eigenvalue weighted by molar-refractivity contribution is -1.14. The van der Waals surface area contributed by atoms with E-state index in [9.17, 15) is 22.8 Å². The normalized spacial score (nSPS) is 20.2. The quantitative estimate of drug-likeness (QED) is 0.393. The van der Waals surface area contributed by atoms with Crippen molar-refractivity contribution in [1.82, 2.24) is 0 Å². The van der Waals surface area contributed by atoms with E-state index in [0.29, 0.717) is 16.5 Å². The summed E-state index contributed by atoms with van der Waals surface area (Å²) < 4.78 is 46.0. The van der Waals surface area contributed by atoms with Gasteiger partial charge >= 0.3 is 5.97 Å². The zero-order chi connectivity index (χ0) is 24.1. The van der Waals surface area contributed by atoms with E-state index in [1.807, 2.05) is 0 Å². The Morgan fingerprint density at radius 2 is 1.74 bits per heavy atom. The largest absolute Gasteiger partial charge is 0.481 e. The molecular weight excluding hydrogens is 461 g/mol. The summed E-state index contributed by atoms with van der Waals surface area (Å²) >= 11 is 0. The van der Waals surface area contributed by atoms with Crippen molar-refractivity contribution in [3.8, 4) is 11.3 Å². The molecule has 3 aromatic carbocycles. The van der Waals surface area contributed by atoms with Crippen LogP contribution in [-0.4, -0.2) is 42.4 Å². The van der Waals surface area contributed by atoms with Crippen LogP contribution < -0.4 is 0 Å². The maximum absolute atomic E-state index is 14.9. The fraction of sp³-hybridized carbons (Fsp3) is 0.160. The van der Waals surface area contributed by atoms with Crippen LogP contribution in [0.15, 0.2) is 87.0 Å². The summed E-state index contributed by atoms with van der Waals surface area (Å²) in [4.78, 5) is 11.3. The van der Waals surface area contributed by atoms with Gasteiger partial charge in [0, 0.05) is 10.9 Å². The van der Waals surface area contributed by atoms with E-state index < -0.39 is 32.2 Å². The van der Waals surface area contributed by atoms with Crippen LogP contribution >= 0.6 is 0 Å². The van der Waals surface area contributed by atoms with Crippen molar-refractivity contribution in [2.75, 3.05) is 13.1 Å². The van der Waals surface area contributed by atoms with Crippen LogP contribution in [0.1, 0.15) is 5.56 Å². The molecule has 0 radical (unpaired) electrons. The minimum Gasteiger partial charge on any atom is -0.481 e. The van der Waals surface area contributed by atoms with Crippen LogP contribution in [0, 0.1) is 11.7 Å². The maximum atomic E-state index is 14.9. The minimum atomic E-state index is -3.70. The second-order valence-electron chi connectivity index (χ2n) is 8.59. The number of hydrogen-bond donors (Lipinski definition) is 2. The molecule has 174 valence electrons. The van der Waals surface area contributed by atoms with Crippen LogP contribution in [-0.2, 0) is 21.2 Å². The molecule has 2 N–H and O–H groups in total. The van der Waals surface area contributed by atoms with E-state index in [4.69, 9.17) is 9.52 Å². The molecule has 1 aliphatic rings. The fourth-order valence-corrected chi connectivity index (χ4v) is 5.62. The van der Waals surface area contributed by atoms with Crippen LogP contribution in [0.25, 0.3) is 22.3 Å². The van der Waals surface area contributed by atoms with Gasteiger partial charge in [-0.1, -0.05) is 24.3 Å². The molecule has 34 heavy (non-hydrogen) atoms. The lowest BCUT2D eigenvalue weighted by atomic mass is 9.98. The number of aliphatic carboxylic acids is 1. The number of benzene rings is 3. The number of quaternary nitrogens is 1. The van der Waals surface area contributed by atoms with Gasteiger partial charge in [0.15, 0.2) is 5.92 Å². The molecule has 4 aromatic rings. The van der Waals surface area contributed by atoms with Gasteiger partial charge in [-0.25, -0.2) is 18.0 Å². The van der Waals surface area contributed by atoms with Crippen molar-refractivity contribution < 1.29 is 37.0 Å². The summed E-state index contributed by atoms with van der Waals surface area (Å²) in [5.74, 6) is -1.86. The fourth-order valence-electron chi connectivity index (χ4n) is 4.31. The van der Waals surface area contributed by atoms with E-state index in [0.717, 1.165) is 0 Å². The van der Waals surface area contributed by atoms with Gasteiger partial charge in [-0.05, 0) is 48.5 Å². The van der Waals surface area contributed by atoms with Crippen molar-refractivity contribution in [3.05, 3.63) is 84.2 Å². The van der Waals surface area contributed by atoms with Crippen LogP contribution in [0.4, 0.5) is 4.39 Å². The molecule has 5 rings (SSSR count). The highest BCUT2D eigenvalue weighted by Gasteiger charge is 2.48. The molecule has 1 aromatic heterocycles. The lowest BCUT2D eigenvalue weighted by Gasteiger charge is -2.41. The molecule has 0 amide bonds. The number of furan rings is 1. The standard InChI is InChI=1S/C25H20FNO6S/c26-22-10-16(13-27(30)14-18(15-27)25(28)29)6-8-21(22)24-12-17-11-20(7-9-23(17)33-24)34(31,32)19-4-2-1-3-5-19/h1-12,18,30H,13-15H2/p+1. The molecule has 2 heterocycles. The van der Waals surface area contributed by atoms with E-state index in [2.05, 4.69) is 0 Å². The third kappa shape index (κ3) is 3.98. The van der Waals surface area contributed by atoms with Crippen molar-refractivity contribution in [3.63, 3.8) is 0 Å². The van der Waals surface area contributed by atoms with Gasteiger partial charge in [0.05, 0.1) is 15.4 Å². The van der Waals surface area contributed by atoms with Crippen molar-refractivity contribution in [1.29, 1.82) is 0 Å². The Labute approximate surface area is 194 Å². The lowest BCUT2D eigenvalue weighted by Crippen LogP contribution is -2.62. The van der Waals surface area contributed by atoms with Crippen molar-refractivity contribution in [2.45, 2.75) is 16.3 Å². The molecule has 0 unspecified atom stereocenters. The number of fused-ring (bicyclic) bond motifs is 1. The SMILES string of the molecule is O=C(O)C1C[N+](O)(Cc2ccc(-c3cc4cc(S(=O)(=O)c5ccccc5)ccc4o3)c(F)c2)C1. The Morgan fingerprint density at radius 1 is 1.00 bits per heavy atom. The summed E-state index contributed by atoms with van der Waals surface area (Å²) in [6, 6.07) is 18.7. The number of halogens is 1. The zero-order valence-corrected chi connectivity index (χ0v) is 18.7. The summed E-state index contributed by atoms with van der Waals surface area (Å²) in [6.07, 6.45) is 0. The van der Waals surface area contributed by atoms with Crippen molar-refractivity contribution >= 4 is 26.8 Å². The second-order valence-corrected chi connectivity index (χ2v) is 10.5. The van der Waals surface area contributed by atoms with Crippen LogP contribution in [0.3, 0.4) is 0 Å². The van der Waals surface area contributed by atoms with Gasteiger partial charge in [0.25, 0.3) is 0 Å². The molecule has 9 heteroatoms. The third-order valence-electron chi connectivity index (χ3n) is 6.10. The van der Waals surface area contributed by atoms with E-state index >= 15 is 0 Å². The number of nitrogens with zero attached hydrogens (tertiary/aromatic N) is 1. The Balaban J connectivity index is 1.41. The first kappa shape index (κ1) is 22.3. The average molecular weight is 483 g/mol. The molecule has 7 nitrogen and oxygen atoms in total. The molecule has 0 aliphatic carbocycles. The molecule has 1 fully saturated rings. The van der Waals surface area contributed by atoms with Gasteiger partial charge in [0.1, 0.15) is 36.8 Å². The highest BCUT2D eigenvalue weighted by atomic mass is 32.2. The smallest absolute Gasteiger partial charge is 0.318 e. The first-order valence-corrected chi connectivity index (χ1v) is 12.1. The summed E-state index contributed by atoms with van der Waals surface area (Å²) in [7, 11) is -3.70. The number of rotatable bonds is 6. The Morgan fingerprint density at radius 3 is 2.41 bits per heavy atom. The number of likely N-dealkylation sites (tertiary alicyclic amines) is 1. The summed E-state index contributed by atoms with van der Waals surface area (Å²) in [5, 5.41) is 19.9. The molecular formula is C25H21FNO6S+. The molecule has 0 spiro atoms. The van der Waals surface area contributed by atoms with Gasteiger partial charge in [-0.2, -0.15) is 4.65 Å². The predicted molar refractivity (Wildman–Crippen MR) is 120 cm³/mol. The maximum Gasteiger partial charge on any atom is 0.318 e. The number of carboxylic acid groups (broad SMARTS) is 1. The van der Waals surface area contributed by atoms with E-state index in [1.165, 1.54) is 36.4 Å². The Kier molecular flexibility index (Phi) is 5.27. The topological polar surface area (TPSA) is 105 Å². The second kappa shape index (κ2) is 8.05. The average Bonchev–Trinajstić information content (AvgIpc) is 3.21. The first-order valence-electron chi connectivity index (χ1n) is 10.6.